The molecule has 0 saturated carbocycles. The smallest absolute Gasteiger partial charge is 0.224 e. The fourth-order valence-corrected chi connectivity index (χ4v) is 2.44. The van der Waals surface area contributed by atoms with Crippen LogP contribution < -0.4 is 10.1 Å². The zero-order valence-electron chi connectivity index (χ0n) is 14.3. The van der Waals surface area contributed by atoms with Crippen LogP contribution in [-0.2, 0) is 11.2 Å². The summed E-state index contributed by atoms with van der Waals surface area (Å²) in [6.07, 6.45) is -0.247. The van der Waals surface area contributed by atoms with Crippen molar-refractivity contribution in [1.82, 2.24) is 5.32 Å². The highest BCUT2D eigenvalue weighted by Gasteiger charge is 2.30. The molecule has 0 spiro atoms. The number of aliphatic hydroxyl groups excluding tert-OH is 1. The third-order valence-electron chi connectivity index (χ3n) is 3.74. The van der Waals surface area contributed by atoms with Gasteiger partial charge in [0.1, 0.15) is 11.8 Å². The maximum atomic E-state index is 12.1. The topological polar surface area (TPSA) is 82.3 Å². The number of hydrogen-bond acceptors (Lipinski definition) is 4. The molecule has 0 bridgehead atoms. The Bertz CT molecular complexity index is 562. The molecule has 5 nitrogen and oxygen atoms in total. The Labute approximate surface area is 138 Å². The van der Waals surface area contributed by atoms with E-state index in [4.69, 9.17) is 10.00 Å². The van der Waals surface area contributed by atoms with Crippen LogP contribution in [0.5, 0.6) is 5.75 Å². The lowest BCUT2D eigenvalue weighted by molar-refractivity contribution is -0.121. The van der Waals surface area contributed by atoms with Crippen LogP contribution in [0.2, 0.25) is 0 Å². The number of nitriles is 1. The quantitative estimate of drug-likeness (QED) is 0.770. The summed E-state index contributed by atoms with van der Waals surface area (Å²) in [6.45, 7) is 8.19. The Morgan fingerprint density at radius 2 is 2.13 bits per heavy atom. The molecule has 1 unspecified atom stereocenters. The van der Waals surface area contributed by atoms with E-state index in [0.29, 0.717) is 12.3 Å². The normalized spacial score (nSPS) is 12.6. The molecule has 0 aliphatic rings. The van der Waals surface area contributed by atoms with Crippen molar-refractivity contribution < 1.29 is 14.6 Å². The van der Waals surface area contributed by atoms with E-state index in [1.807, 2.05) is 39.8 Å². The number of ether oxygens (including phenoxy) is 1. The van der Waals surface area contributed by atoms with E-state index >= 15 is 0 Å². The van der Waals surface area contributed by atoms with E-state index in [2.05, 4.69) is 5.32 Å². The third-order valence-corrected chi connectivity index (χ3v) is 3.74. The lowest BCUT2D eigenvalue weighted by Gasteiger charge is -2.33. The van der Waals surface area contributed by atoms with Gasteiger partial charge in [-0.05, 0) is 23.6 Å². The van der Waals surface area contributed by atoms with Gasteiger partial charge >= 0.3 is 0 Å². The van der Waals surface area contributed by atoms with Crippen LogP contribution in [0.1, 0.15) is 33.3 Å². The second kappa shape index (κ2) is 8.54. The van der Waals surface area contributed by atoms with Crippen molar-refractivity contribution in [3.63, 3.8) is 0 Å². The Hall–Kier alpha value is -2.06. The molecule has 1 amide bonds. The van der Waals surface area contributed by atoms with Crippen LogP contribution in [0.15, 0.2) is 24.3 Å². The summed E-state index contributed by atoms with van der Waals surface area (Å²) in [4.78, 5) is 12.1. The van der Waals surface area contributed by atoms with Crippen molar-refractivity contribution in [2.45, 2.75) is 40.2 Å². The van der Waals surface area contributed by atoms with Gasteiger partial charge in [-0.2, -0.15) is 5.26 Å². The zero-order chi connectivity index (χ0) is 17.5. The highest BCUT2D eigenvalue weighted by molar-refractivity contribution is 5.78. The largest absolute Gasteiger partial charge is 0.479 e. The van der Waals surface area contributed by atoms with Gasteiger partial charge in [-0.25, -0.2) is 0 Å². The van der Waals surface area contributed by atoms with Crippen molar-refractivity contribution in [2.75, 3.05) is 13.2 Å². The first kappa shape index (κ1) is 19.0. The van der Waals surface area contributed by atoms with Crippen molar-refractivity contribution >= 4 is 5.91 Å². The highest BCUT2D eigenvalue weighted by atomic mass is 16.5. The zero-order valence-corrected chi connectivity index (χ0v) is 14.3. The van der Waals surface area contributed by atoms with Gasteiger partial charge in [0.25, 0.3) is 0 Å². The average Bonchev–Trinajstić information content (AvgIpc) is 2.50. The van der Waals surface area contributed by atoms with Crippen LogP contribution in [0.4, 0.5) is 0 Å². The molecule has 1 atom stereocenters. The summed E-state index contributed by atoms with van der Waals surface area (Å²) in [5.41, 5.74) is 0.432. The van der Waals surface area contributed by atoms with Gasteiger partial charge in [0.15, 0.2) is 6.61 Å². The SMILES string of the molecule is CC(C)C(O)C(C)(C)CNC(=O)Cc1cccc(OCC#N)c1. The number of aliphatic hydroxyl groups is 1. The van der Waals surface area contributed by atoms with Gasteiger partial charge in [-0.1, -0.05) is 39.8 Å². The monoisotopic (exact) mass is 318 g/mol. The van der Waals surface area contributed by atoms with Crippen LogP contribution in [0, 0.1) is 22.7 Å². The first-order chi connectivity index (χ1) is 10.8. The number of rotatable bonds is 8. The summed E-state index contributed by atoms with van der Waals surface area (Å²) >= 11 is 0. The van der Waals surface area contributed by atoms with Crippen molar-refractivity contribution in [1.29, 1.82) is 5.26 Å². The molecule has 0 aromatic heterocycles. The third kappa shape index (κ3) is 6.29. The predicted octanol–water partition coefficient (Wildman–Crippen LogP) is 2.29. The van der Waals surface area contributed by atoms with Crippen molar-refractivity contribution in [2.24, 2.45) is 11.3 Å². The van der Waals surface area contributed by atoms with Crippen LogP contribution in [-0.4, -0.2) is 30.3 Å². The van der Waals surface area contributed by atoms with Gasteiger partial charge in [0.2, 0.25) is 5.91 Å². The van der Waals surface area contributed by atoms with Gasteiger partial charge in [0, 0.05) is 12.0 Å². The van der Waals surface area contributed by atoms with Gasteiger partial charge in [-0.15, -0.1) is 0 Å². The predicted molar refractivity (Wildman–Crippen MR) is 88.9 cm³/mol. The van der Waals surface area contributed by atoms with Gasteiger partial charge < -0.3 is 15.2 Å². The molecule has 0 heterocycles. The standard InChI is InChI=1S/C18H26N2O3/c1-13(2)17(22)18(3,4)12-20-16(21)11-14-6-5-7-15(10-14)23-9-8-19/h5-7,10,13,17,22H,9,11-12H2,1-4H3,(H,20,21). The minimum Gasteiger partial charge on any atom is -0.479 e. The van der Waals surface area contributed by atoms with Crippen LogP contribution >= 0.6 is 0 Å². The molecule has 0 aliphatic carbocycles. The van der Waals surface area contributed by atoms with Crippen molar-refractivity contribution in [3.05, 3.63) is 29.8 Å². The summed E-state index contributed by atoms with van der Waals surface area (Å²) < 4.78 is 5.22. The Morgan fingerprint density at radius 3 is 2.74 bits per heavy atom. The van der Waals surface area contributed by atoms with Crippen LogP contribution in [0.3, 0.4) is 0 Å². The van der Waals surface area contributed by atoms with E-state index in [-0.39, 0.29) is 30.3 Å². The van der Waals surface area contributed by atoms with Gasteiger partial charge in [-0.3, -0.25) is 4.79 Å². The van der Waals surface area contributed by atoms with E-state index in [9.17, 15) is 9.90 Å². The summed E-state index contributed by atoms with van der Waals surface area (Å²) in [5.74, 6) is 0.606. The summed E-state index contributed by atoms with van der Waals surface area (Å²) in [6, 6.07) is 9.05. The molecule has 1 aromatic carbocycles. The molecular weight excluding hydrogens is 292 g/mol. The maximum absolute atomic E-state index is 12.1. The highest BCUT2D eigenvalue weighted by Crippen LogP contribution is 2.25. The molecule has 1 aromatic rings. The number of nitrogens with zero attached hydrogens (tertiary/aromatic N) is 1. The second-order valence-electron chi connectivity index (χ2n) is 6.73. The number of amides is 1. The lowest BCUT2D eigenvalue weighted by Crippen LogP contribution is -2.43. The van der Waals surface area contributed by atoms with E-state index in [1.54, 1.807) is 18.2 Å². The molecule has 1 rings (SSSR count). The molecule has 0 aliphatic heterocycles. The molecule has 0 fully saturated rings. The molecule has 2 N–H and O–H groups in total. The number of carbonyl (C=O) groups excluding carboxylic acids is 1. The van der Waals surface area contributed by atoms with Gasteiger partial charge in [0.05, 0.1) is 12.5 Å². The van der Waals surface area contributed by atoms with E-state index in [1.165, 1.54) is 0 Å². The minimum absolute atomic E-state index is 0.0169. The number of benzene rings is 1. The molecular formula is C18H26N2O3. The van der Waals surface area contributed by atoms with Crippen molar-refractivity contribution in [3.8, 4) is 11.8 Å². The Kier molecular flexibility index (Phi) is 7.05. The first-order valence-electron chi connectivity index (χ1n) is 7.79. The van der Waals surface area contributed by atoms with E-state index < -0.39 is 6.10 Å². The number of hydrogen-bond donors (Lipinski definition) is 2. The molecule has 126 valence electrons. The fourth-order valence-electron chi connectivity index (χ4n) is 2.44. The second-order valence-corrected chi connectivity index (χ2v) is 6.73. The summed E-state index contributed by atoms with van der Waals surface area (Å²) in [5, 5.41) is 21.6. The average molecular weight is 318 g/mol. The minimum atomic E-state index is -0.481. The molecule has 5 heteroatoms. The Balaban J connectivity index is 2.56. The molecule has 23 heavy (non-hydrogen) atoms. The maximum Gasteiger partial charge on any atom is 0.224 e. The summed E-state index contributed by atoms with van der Waals surface area (Å²) in [7, 11) is 0. The Morgan fingerprint density at radius 1 is 1.43 bits per heavy atom. The molecule has 0 radical (unpaired) electrons. The fraction of sp³-hybridized carbons (Fsp3) is 0.556. The van der Waals surface area contributed by atoms with E-state index in [0.717, 1.165) is 5.56 Å². The molecule has 0 saturated heterocycles. The number of carbonyl (C=O) groups is 1. The first-order valence-corrected chi connectivity index (χ1v) is 7.79. The van der Waals surface area contributed by atoms with Crippen LogP contribution in [0.25, 0.3) is 0 Å². The number of nitrogens with one attached hydrogen (secondary N) is 1. The lowest BCUT2D eigenvalue weighted by atomic mass is 9.80.